The van der Waals surface area contributed by atoms with E-state index in [0.717, 1.165) is 34.4 Å². The number of nitrogens with one attached hydrogen (secondary N) is 1. The van der Waals surface area contributed by atoms with Crippen molar-refractivity contribution in [3.05, 3.63) is 32.5 Å². The third-order valence-electron chi connectivity index (χ3n) is 3.18. The van der Waals surface area contributed by atoms with Crippen molar-refractivity contribution in [2.24, 2.45) is 0 Å². The molecule has 2 heterocycles. The summed E-state index contributed by atoms with van der Waals surface area (Å²) in [6.45, 7) is 6.88. The van der Waals surface area contributed by atoms with Gasteiger partial charge in [-0.3, -0.25) is 4.68 Å². The molecule has 0 aliphatic carbocycles. The lowest BCUT2D eigenvalue weighted by molar-refractivity contribution is 0.546. The molecule has 2 rings (SSSR count). The molecule has 0 radical (unpaired) electrons. The molecule has 2 aromatic rings. The summed E-state index contributed by atoms with van der Waals surface area (Å²) in [5, 5.41) is 9.66. The van der Waals surface area contributed by atoms with Crippen molar-refractivity contribution >= 4 is 22.9 Å². The quantitative estimate of drug-likeness (QED) is 0.922. The first-order valence-electron chi connectivity index (χ1n) is 6.38. The average molecular weight is 299 g/mol. The van der Waals surface area contributed by atoms with Crippen molar-refractivity contribution < 1.29 is 0 Å². The maximum absolute atomic E-state index is 6.36. The van der Waals surface area contributed by atoms with Crippen LogP contribution in [0.25, 0.3) is 0 Å². The summed E-state index contributed by atoms with van der Waals surface area (Å²) >= 11 is 8.08. The van der Waals surface area contributed by atoms with Gasteiger partial charge in [0.25, 0.3) is 0 Å². The molecule has 19 heavy (non-hydrogen) atoms. The molecule has 0 saturated carbocycles. The number of hydrogen-bond donors (Lipinski definition) is 1. The number of aryl methyl sites for hydroxylation is 3. The average Bonchev–Trinajstić information content (AvgIpc) is 2.93. The molecule has 0 aliphatic heterocycles. The van der Waals surface area contributed by atoms with Crippen molar-refractivity contribution in [3.63, 3.8) is 0 Å². The number of aromatic nitrogens is 3. The van der Waals surface area contributed by atoms with Gasteiger partial charge in [0.05, 0.1) is 21.4 Å². The Morgan fingerprint density at radius 3 is 2.74 bits per heavy atom. The van der Waals surface area contributed by atoms with E-state index in [-0.39, 0.29) is 6.04 Å². The van der Waals surface area contributed by atoms with Crippen molar-refractivity contribution in [1.82, 2.24) is 20.1 Å². The van der Waals surface area contributed by atoms with Crippen LogP contribution in [0.4, 0.5) is 0 Å². The van der Waals surface area contributed by atoms with Crippen molar-refractivity contribution in [1.29, 1.82) is 0 Å². The highest BCUT2D eigenvalue weighted by Gasteiger charge is 2.19. The van der Waals surface area contributed by atoms with E-state index in [1.807, 2.05) is 31.8 Å². The molecule has 0 spiro atoms. The summed E-state index contributed by atoms with van der Waals surface area (Å²) in [5.41, 5.74) is 1.99. The van der Waals surface area contributed by atoms with Crippen LogP contribution >= 0.6 is 22.9 Å². The maximum atomic E-state index is 6.36. The van der Waals surface area contributed by atoms with E-state index in [0.29, 0.717) is 0 Å². The molecule has 104 valence electrons. The van der Waals surface area contributed by atoms with E-state index in [1.165, 1.54) is 4.88 Å². The Labute approximate surface area is 122 Å². The van der Waals surface area contributed by atoms with Crippen LogP contribution in [0.15, 0.2) is 6.20 Å². The summed E-state index contributed by atoms with van der Waals surface area (Å²) in [7, 11) is 1.97. The van der Waals surface area contributed by atoms with Crippen LogP contribution in [0.2, 0.25) is 5.02 Å². The summed E-state index contributed by atoms with van der Waals surface area (Å²) in [6.07, 6.45) is 2.76. The van der Waals surface area contributed by atoms with Gasteiger partial charge in [-0.2, -0.15) is 5.10 Å². The van der Waals surface area contributed by atoms with Gasteiger partial charge in [0.15, 0.2) is 0 Å². The Morgan fingerprint density at radius 1 is 1.47 bits per heavy atom. The van der Waals surface area contributed by atoms with Crippen LogP contribution in [-0.2, 0) is 13.0 Å². The molecule has 1 atom stereocenters. The number of hydrogen-bond acceptors (Lipinski definition) is 4. The molecule has 0 aliphatic rings. The number of nitrogens with zero attached hydrogens (tertiary/aromatic N) is 3. The molecule has 0 fully saturated rings. The summed E-state index contributed by atoms with van der Waals surface area (Å²) in [6, 6.07) is 0.227. The Hall–Kier alpha value is -0.910. The lowest BCUT2D eigenvalue weighted by Crippen LogP contribution is -2.19. The van der Waals surface area contributed by atoms with Crippen LogP contribution in [-0.4, -0.2) is 21.8 Å². The Morgan fingerprint density at radius 2 is 2.21 bits per heavy atom. The van der Waals surface area contributed by atoms with Crippen LogP contribution < -0.4 is 5.32 Å². The lowest BCUT2D eigenvalue weighted by Gasteiger charge is -2.15. The van der Waals surface area contributed by atoms with Crippen LogP contribution in [0.3, 0.4) is 0 Å². The van der Waals surface area contributed by atoms with Gasteiger partial charge in [-0.1, -0.05) is 11.6 Å². The van der Waals surface area contributed by atoms with E-state index >= 15 is 0 Å². The fourth-order valence-electron chi connectivity index (χ4n) is 2.14. The van der Waals surface area contributed by atoms with Crippen LogP contribution in [0.5, 0.6) is 0 Å². The predicted octanol–water partition coefficient (Wildman–Crippen LogP) is 3.13. The second-order valence-electron chi connectivity index (χ2n) is 4.49. The molecule has 0 aromatic carbocycles. The van der Waals surface area contributed by atoms with Gasteiger partial charge in [0.2, 0.25) is 0 Å². The number of rotatable bonds is 5. The second-order valence-corrected chi connectivity index (χ2v) is 6.13. The maximum Gasteiger partial charge on any atom is 0.0897 e. The normalized spacial score (nSPS) is 12.9. The summed E-state index contributed by atoms with van der Waals surface area (Å²) in [5.74, 6) is 0. The van der Waals surface area contributed by atoms with Crippen LogP contribution in [0.1, 0.15) is 34.2 Å². The smallest absolute Gasteiger partial charge is 0.0897 e. The minimum atomic E-state index is 0.227. The second kappa shape index (κ2) is 6.03. The van der Waals surface area contributed by atoms with Gasteiger partial charge < -0.3 is 5.32 Å². The zero-order valence-corrected chi connectivity index (χ0v) is 13.3. The molecule has 1 N–H and O–H groups in total. The van der Waals surface area contributed by atoms with E-state index in [2.05, 4.69) is 22.3 Å². The molecule has 0 amide bonds. The lowest BCUT2D eigenvalue weighted by atomic mass is 10.1. The van der Waals surface area contributed by atoms with Gasteiger partial charge in [0, 0.05) is 30.1 Å². The minimum absolute atomic E-state index is 0.227. The van der Waals surface area contributed by atoms with E-state index in [9.17, 15) is 0 Å². The largest absolute Gasteiger partial charge is 0.312 e. The zero-order chi connectivity index (χ0) is 14.0. The molecule has 1 unspecified atom stereocenters. The van der Waals surface area contributed by atoms with Crippen molar-refractivity contribution in [2.75, 3.05) is 7.05 Å². The highest BCUT2D eigenvalue weighted by atomic mass is 35.5. The first-order chi connectivity index (χ1) is 9.06. The van der Waals surface area contributed by atoms with Crippen molar-refractivity contribution in [2.45, 2.75) is 39.8 Å². The summed E-state index contributed by atoms with van der Waals surface area (Å²) < 4.78 is 1.98. The van der Waals surface area contributed by atoms with Gasteiger partial charge in [0.1, 0.15) is 0 Å². The van der Waals surface area contributed by atoms with Gasteiger partial charge >= 0.3 is 0 Å². The SMILES string of the molecule is CCn1nc(C)c(Cl)c1CC(NC)c1cnc(C)s1. The fourth-order valence-corrected chi connectivity index (χ4v) is 3.25. The molecule has 0 bridgehead atoms. The minimum Gasteiger partial charge on any atom is -0.312 e. The van der Waals surface area contributed by atoms with Crippen LogP contribution in [0, 0.1) is 13.8 Å². The Balaban J connectivity index is 2.28. The number of likely N-dealkylation sites (N-methyl/N-ethyl adjacent to an activating group) is 1. The van der Waals surface area contributed by atoms with Gasteiger partial charge in [-0.25, -0.2) is 4.98 Å². The first kappa shape index (κ1) is 14.5. The van der Waals surface area contributed by atoms with Gasteiger partial charge in [-0.05, 0) is 27.8 Å². The van der Waals surface area contributed by atoms with Crippen molar-refractivity contribution in [3.8, 4) is 0 Å². The Kier molecular flexibility index (Phi) is 4.60. The van der Waals surface area contributed by atoms with E-state index < -0.39 is 0 Å². The van der Waals surface area contributed by atoms with E-state index in [1.54, 1.807) is 11.3 Å². The third kappa shape index (κ3) is 2.99. The van der Waals surface area contributed by atoms with Gasteiger partial charge in [-0.15, -0.1) is 11.3 Å². The molecular weight excluding hydrogens is 280 g/mol. The predicted molar refractivity (Wildman–Crippen MR) is 80.0 cm³/mol. The first-order valence-corrected chi connectivity index (χ1v) is 7.57. The molecule has 6 heteroatoms. The zero-order valence-electron chi connectivity index (χ0n) is 11.7. The summed E-state index contributed by atoms with van der Waals surface area (Å²) in [4.78, 5) is 5.55. The van der Waals surface area contributed by atoms with E-state index in [4.69, 9.17) is 11.6 Å². The number of halogens is 1. The molecule has 2 aromatic heterocycles. The highest BCUT2D eigenvalue weighted by molar-refractivity contribution is 7.11. The standard InChI is InChI=1S/C13H19ClN4S/c1-5-18-11(13(14)8(2)17-18)6-10(15-4)12-7-16-9(3)19-12/h7,10,15H,5-6H2,1-4H3. The monoisotopic (exact) mass is 298 g/mol. The fraction of sp³-hybridized carbons (Fsp3) is 0.538. The Bertz CT molecular complexity index is 561. The topological polar surface area (TPSA) is 42.7 Å². The molecule has 0 saturated heterocycles. The molecular formula is C13H19ClN4S. The third-order valence-corrected chi connectivity index (χ3v) is 4.70. The number of thiazole rings is 1. The molecule has 4 nitrogen and oxygen atoms in total. The highest BCUT2D eigenvalue weighted by Crippen LogP contribution is 2.28.